The molecule has 0 radical (unpaired) electrons. The van der Waals surface area contributed by atoms with Gasteiger partial charge < -0.3 is 15.4 Å². The molecule has 1 aromatic rings. The third-order valence-corrected chi connectivity index (χ3v) is 4.29. The molecule has 0 aliphatic heterocycles. The maximum absolute atomic E-state index is 5.86. The molecular weight excluding hydrogens is 425 g/mol. The first-order chi connectivity index (χ1) is 11.5. The number of halogens is 1. The quantitative estimate of drug-likeness (QED) is 0.384. The Morgan fingerprint density at radius 1 is 1.16 bits per heavy atom. The highest BCUT2D eigenvalue weighted by Gasteiger charge is 2.14. The van der Waals surface area contributed by atoms with E-state index in [0.29, 0.717) is 12.6 Å². The van der Waals surface area contributed by atoms with Crippen molar-refractivity contribution in [3.8, 4) is 0 Å². The number of benzene rings is 1. The minimum Gasteiger partial charge on any atom is -0.371 e. The summed E-state index contributed by atoms with van der Waals surface area (Å²) in [6.45, 7) is 7.67. The normalized spacial score (nSPS) is 16.2. The van der Waals surface area contributed by atoms with Gasteiger partial charge in [-0.25, -0.2) is 0 Å². The van der Waals surface area contributed by atoms with Crippen LogP contribution in [-0.2, 0) is 17.9 Å². The summed E-state index contributed by atoms with van der Waals surface area (Å²) in [5.41, 5.74) is 2.34. The highest BCUT2D eigenvalue weighted by Crippen LogP contribution is 2.17. The summed E-state index contributed by atoms with van der Waals surface area (Å²) in [6.07, 6.45) is 6.52. The van der Waals surface area contributed by atoms with Crippen LogP contribution in [0.15, 0.2) is 29.3 Å². The Hall–Kier alpha value is -0.820. The van der Waals surface area contributed by atoms with E-state index < -0.39 is 0 Å². The highest BCUT2D eigenvalue weighted by molar-refractivity contribution is 14.0. The fraction of sp³-hybridized carbons (Fsp3) is 0.650. The van der Waals surface area contributed by atoms with Crippen LogP contribution in [0.1, 0.15) is 64.0 Å². The first-order valence-electron chi connectivity index (χ1n) is 9.15. The predicted octanol–water partition coefficient (Wildman–Crippen LogP) is 4.62. The number of aliphatic imine (C=N–C) groups is 1. The van der Waals surface area contributed by atoms with Crippen molar-refractivity contribution in [3.05, 3.63) is 35.4 Å². The van der Waals surface area contributed by atoms with E-state index >= 15 is 0 Å². The molecule has 1 saturated carbocycles. The average Bonchev–Trinajstić information content (AvgIpc) is 2.57. The SMILES string of the molecule is CN=C(NCc1cccc(COC(C)(C)C)c1)NC1CCCCC1.I. The van der Waals surface area contributed by atoms with Crippen LogP contribution in [0.3, 0.4) is 0 Å². The van der Waals surface area contributed by atoms with Crippen LogP contribution in [0.5, 0.6) is 0 Å². The summed E-state index contributed by atoms with van der Waals surface area (Å²) in [4.78, 5) is 4.36. The molecule has 0 unspecified atom stereocenters. The largest absolute Gasteiger partial charge is 0.371 e. The number of ether oxygens (including phenoxy) is 1. The average molecular weight is 459 g/mol. The summed E-state index contributed by atoms with van der Waals surface area (Å²) in [6, 6.07) is 9.12. The topological polar surface area (TPSA) is 45.7 Å². The molecule has 142 valence electrons. The molecule has 0 heterocycles. The summed E-state index contributed by atoms with van der Waals surface area (Å²) in [7, 11) is 1.84. The molecule has 2 N–H and O–H groups in total. The van der Waals surface area contributed by atoms with E-state index in [2.05, 4.69) is 60.7 Å². The van der Waals surface area contributed by atoms with Crippen molar-refractivity contribution in [3.63, 3.8) is 0 Å². The smallest absolute Gasteiger partial charge is 0.191 e. The molecule has 0 amide bonds. The minimum atomic E-state index is -0.111. The molecule has 1 fully saturated rings. The fourth-order valence-electron chi connectivity index (χ4n) is 2.95. The molecule has 5 heteroatoms. The first kappa shape index (κ1) is 22.2. The van der Waals surface area contributed by atoms with Crippen molar-refractivity contribution in [2.75, 3.05) is 7.05 Å². The zero-order valence-corrected chi connectivity index (χ0v) is 18.4. The van der Waals surface area contributed by atoms with E-state index in [9.17, 15) is 0 Å². The lowest BCUT2D eigenvalue weighted by Crippen LogP contribution is -2.43. The van der Waals surface area contributed by atoms with Crippen LogP contribution in [0, 0.1) is 0 Å². The number of hydrogen-bond donors (Lipinski definition) is 2. The monoisotopic (exact) mass is 459 g/mol. The van der Waals surface area contributed by atoms with Crippen LogP contribution in [0.25, 0.3) is 0 Å². The Labute approximate surface area is 170 Å². The number of nitrogens with zero attached hydrogens (tertiary/aromatic N) is 1. The number of hydrogen-bond acceptors (Lipinski definition) is 2. The number of guanidine groups is 1. The minimum absolute atomic E-state index is 0. The van der Waals surface area contributed by atoms with Crippen molar-refractivity contribution in [1.82, 2.24) is 10.6 Å². The van der Waals surface area contributed by atoms with Crippen molar-refractivity contribution >= 4 is 29.9 Å². The van der Waals surface area contributed by atoms with Crippen LogP contribution >= 0.6 is 24.0 Å². The molecule has 0 atom stereocenters. The molecule has 25 heavy (non-hydrogen) atoms. The van der Waals surface area contributed by atoms with Crippen molar-refractivity contribution < 1.29 is 4.74 Å². The standard InChI is InChI=1S/C20H33N3O.HI/c1-20(2,3)24-15-17-10-8-9-16(13-17)14-22-19(21-4)23-18-11-6-5-7-12-18;/h8-10,13,18H,5-7,11-12,14-15H2,1-4H3,(H2,21,22,23);1H. The summed E-state index contributed by atoms with van der Waals surface area (Å²) in [5.74, 6) is 0.901. The van der Waals surface area contributed by atoms with Gasteiger partial charge in [-0.3, -0.25) is 4.99 Å². The van der Waals surface area contributed by atoms with Crippen LogP contribution in [-0.4, -0.2) is 24.7 Å². The lowest BCUT2D eigenvalue weighted by Gasteiger charge is -2.25. The van der Waals surface area contributed by atoms with Gasteiger partial charge in [-0.05, 0) is 44.7 Å². The second-order valence-electron chi connectivity index (χ2n) is 7.63. The van der Waals surface area contributed by atoms with Gasteiger partial charge in [0.15, 0.2) is 5.96 Å². The molecule has 0 saturated heterocycles. The third-order valence-electron chi connectivity index (χ3n) is 4.29. The number of rotatable bonds is 5. The molecule has 1 aromatic carbocycles. The van der Waals surface area contributed by atoms with Gasteiger partial charge in [-0.1, -0.05) is 43.5 Å². The maximum atomic E-state index is 5.86. The molecule has 0 spiro atoms. The van der Waals surface area contributed by atoms with Gasteiger partial charge >= 0.3 is 0 Å². The van der Waals surface area contributed by atoms with E-state index in [4.69, 9.17) is 4.74 Å². The van der Waals surface area contributed by atoms with Gasteiger partial charge in [0.2, 0.25) is 0 Å². The molecule has 4 nitrogen and oxygen atoms in total. The highest BCUT2D eigenvalue weighted by atomic mass is 127. The fourth-order valence-corrected chi connectivity index (χ4v) is 2.95. The summed E-state index contributed by atoms with van der Waals surface area (Å²) in [5, 5.41) is 6.98. The van der Waals surface area contributed by atoms with Gasteiger partial charge in [0.1, 0.15) is 0 Å². The van der Waals surface area contributed by atoms with Crippen LogP contribution in [0.2, 0.25) is 0 Å². The van der Waals surface area contributed by atoms with Crippen molar-refractivity contribution in [2.45, 2.75) is 77.7 Å². The van der Waals surface area contributed by atoms with Crippen molar-refractivity contribution in [2.24, 2.45) is 4.99 Å². The van der Waals surface area contributed by atoms with E-state index in [0.717, 1.165) is 12.5 Å². The van der Waals surface area contributed by atoms with E-state index in [-0.39, 0.29) is 29.6 Å². The van der Waals surface area contributed by atoms with E-state index in [1.807, 2.05) is 7.05 Å². The second-order valence-corrected chi connectivity index (χ2v) is 7.63. The Balaban J connectivity index is 0.00000312. The zero-order chi connectivity index (χ0) is 17.4. The summed E-state index contributed by atoms with van der Waals surface area (Å²) >= 11 is 0. The maximum Gasteiger partial charge on any atom is 0.191 e. The number of nitrogens with one attached hydrogen (secondary N) is 2. The Morgan fingerprint density at radius 3 is 2.48 bits per heavy atom. The lowest BCUT2D eigenvalue weighted by molar-refractivity contribution is -0.0149. The first-order valence-corrected chi connectivity index (χ1v) is 9.15. The van der Waals surface area contributed by atoms with Gasteiger partial charge in [0.25, 0.3) is 0 Å². The lowest BCUT2D eigenvalue weighted by atomic mass is 9.96. The van der Waals surface area contributed by atoms with Crippen LogP contribution in [0.4, 0.5) is 0 Å². The third kappa shape index (κ3) is 8.90. The predicted molar refractivity (Wildman–Crippen MR) is 117 cm³/mol. The molecule has 2 rings (SSSR count). The van der Waals surface area contributed by atoms with Crippen LogP contribution < -0.4 is 10.6 Å². The summed E-state index contributed by atoms with van der Waals surface area (Å²) < 4.78 is 5.86. The molecule has 1 aliphatic rings. The van der Waals surface area contributed by atoms with E-state index in [1.54, 1.807) is 0 Å². The molecule has 0 bridgehead atoms. The van der Waals surface area contributed by atoms with Gasteiger partial charge in [0.05, 0.1) is 12.2 Å². The zero-order valence-electron chi connectivity index (χ0n) is 16.1. The Morgan fingerprint density at radius 2 is 1.84 bits per heavy atom. The van der Waals surface area contributed by atoms with E-state index in [1.165, 1.54) is 43.2 Å². The van der Waals surface area contributed by atoms with Gasteiger partial charge in [0, 0.05) is 19.6 Å². The molecule has 1 aliphatic carbocycles. The van der Waals surface area contributed by atoms with Gasteiger partial charge in [-0.2, -0.15) is 0 Å². The van der Waals surface area contributed by atoms with Crippen molar-refractivity contribution in [1.29, 1.82) is 0 Å². The second kappa shape index (κ2) is 11.0. The Kier molecular flexibility index (Phi) is 9.79. The molecule has 0 aromatic heterocycles. The molecular formula is C20H34IN3O. The van der Waals surface area contributed by atoms with Gasteiger partial charge in [-0.15, -0.1) is 24.0 Å². The Bertz CT molecular complexity index is 534.